The number of amides is 2. The minimum atomic E-state index is -0.796. The molecule has 0 aliphatic carbocycles. The van der Waals surface area contributed by atoms with Crippen LogP contribution in [-0.4, -0.2) is 28.3 Å². The predicted octanol–water partition coefficient (Wildman–Crippen LogP) is 5.88. The fourth-order valence-corrected chi connectivity index (χ4v) is 4.20. The van der Waals surface area contributed by atoms with Gasteiger partial charge in [0.2, 0.25) is 11.8 Å². The average molecular weight is 495 g/mol. The summed E-state index contributed by atoms with van der Waals surface area (Å²) >= 11 is 6.23. The molecule has 0 radical (unpaired) electrons. The largest absolute Gasteiger partial charge is 0.350 e. The third-order valence-corrected chi connectivity index (χ3v) is 5.95. The zero-order valence-electron chi connectivity index (χ0n) is 20.6. The molecule has 4 nitrogen and oxygen atoms in total. The number of nitrogens with zero attached hydrogens (tertiary/aromatic N) is 1. The van der Waals surface area contributed by atoms with Crippen molar-refractivity contribution in [1.29, 1.82) is 0 Å². The van der Waals surface area contributed by atoms with Gasteiger partial charge in [-0.05, 0) is 51.0 Å². The summed E-state index contributed by atoms with van der Waals surface area (Å²) in [7, 11) is 0. The lowest BCUT2D eigenvalue weighted by Gasteiger charge is -2.34. The van der Waals surface area contributed by atoms with Crippen molar-refractivity contribution in [3.63, 3.8) is 0 Å². The molecule has 1 atom stereocenters. The second-order valence-corrected chi connectivity index (χ2v) is 10.2. The Balaban J connectivity index is 2.03. The molecule has 3 aromatic rings. The van der Waals surface area contributed by atoms with Crippen LogP contribution in [0.3, 0.4) is 0 Å². The van der Waals surface area contributed by atoms with Crippen LogP contribution in [0.25, 0.3) is 0 Å². The van der Waals surface area contributed by atoms with Crippen LogP contribution in [-0.2, 0) is 29.0 Å². The normalized spacial score (nSPS) is 12.2. The minimum absolute atomic E-state index is 0.128. The first-order chi connectivity index (χ1) is 16.5. The molecule has 0 bridgehead atoms. The lowest BCUT2D eigenvalue weighted by Crippen LogP contribution is -2.54. The number of aryl methyl sites for hydroxylation is 1. The van der Waals surface area contributed by atoms with Gasteiger partial charge in [0.15, 0.2) is 0 Å². The summed E-state index contributed by atoms with van der Waals surface area (Å²) in [4.78, 5) is 28.8. The van der Waals surface area contributed by atoms with Crippen LogP contribution in [0.2, 0.25) is 5.02 Å². The number of carbonyl (C=O) groups is 2. The number of carbonyl (C=O) groups excluding carboxylic acids is 2. The van der Waals surface area contributed by atoms with Crippen molar-refractivity contribution in [2.24, 2.45) is 0 Å². The SMILES string of the molecule is Cc1cccc(CN(C(=O)Cc2c(F)cccc2Cl)[C@H](Cc2ccccc2)C(=O)NC(C)(C)C)c1. The van der Waals surface area contributed by atoms with Gasteiger partial charge in [0.05, 0.1) is 6.42 Å². The zero-order chi connectivity index (χ0) is 25.6. The van der Waals surface area contributed by atoms with Gasteiger partial charge < -0.3 is 10.2 Å². The van der Waals surface area contributed by atoms with Gasteiger partial charge in [-0.3, -0.25) is 9.59 Å². The van der Waals surface area contributed by atoms with E-state index in [9.17, 15) is 14.0 Å². The standard InChI is InChI=1S/C29H32ClFN2O2/c1-20-10-8-13-22(16-20)19-33(27(34)18-23-24(30)14-9-15-25(23)31)26(28(35)32-29(2,3)4)17-21-11-6-5-7-12-21/h5-16,26H,17-19H2,1-4H3,(H,32,35)/t26-/m1/s1. The Hall–Kier alpha value is -3.18. The summed E-state index contributed by atoms with van der Waals surface area (Å²) in [5, 5.41) is 3.21. The summed E-state index contributed by atoms with van der Waals surface area (Å²) in [6.07, 6.45) is 0.0801. The fourth-order valence-electron chi connectivity index (χ4n) is 3.97. The third-order valence-electron chi connectivity index (χ3n) is 5.59. The van der Waals surface area contributed by atoms with E-state index in [1.165, 1.54) is 12.1 Å². The van der Waals surface area contributed by atoms with Crippen LogP contribution in [0.4, 0.5) is 4.39 Å². The maximum absolute atomic E-state index is 14.5. The molecule has 0 unspecified atom stereocenters. The monoisotopic (exact) mass is 494 g/mol. The van der Waals surface area contributed by atoms with Gasteiger partial charge in [0.1, 0.15) is 11.9 Å². The van der Waals surface area contributed by atoms with Gasteiger partial charge in [0, 0.05) is 29.1 Å². The van der Waals surface area contributed by atoms with E-state index in [-0.39, 0.29) is 35.4 Å². The maximum atomic E-state index is 14.5. The number of nitrogens with one attached hydrogen (secondary N) is 1. The molecule has 0 aromatic heterocycles. The van der Waals surface area contributed by atoms with Gasteiger partial charge in [-0.25, -0.2) is 4.39 Å². The molecule has 0 aliphatic heterocycles. The van der Waals surface area contributed by atoms with E-state index >= 15 is 0 Å². The number of halogens is 2. The molecule has 2 amide bonds. The smallest absolute Gasteiger partial charge is 0.243 e. The predicted molar refractivity (Wildman–Crippen MR) is 139 cm³/mol. The van der Waals surface area contributed by atoms with Crippen molar-refractivity contribution in [3.8, 4) is 0 Å². The van der Waals surface area contributed by atoms with E-state index in [0.29, 0.717) is 6.42 Å². The van der Waals surface area contributed by atoms with E-state index in [0.717, 1.165) is 16.7 Å². The molecule has 0 fully saturated rings. The Morgan fingerprint density at radius 1 is 0.971 bits per heavy atom. The Morgan fingerprint density at radius 3 is 2.26 bits per heavy atom. The molecule has 184 valence electrons. The third kappa shape index (κ3) is 7.66. The molecular weight excluding hydrogens is 463 g/mol. The molecule has 0 saturated heterocycles. The highest BCUT2D eigenvalue weighted by molar-refractivity contribution is 6.31. The first-order valence-corrected chi connectivity index (χ1v) is 12.0. The van der Waals surface area contributed by atoms with Gasteiger partial charge in [0.25, 0.3) is 0 Å². The van der Waals surface area contributed by atoms with Crippen molar-refractivity contribution in [3.05, 3.63) is 106 Å². The molecule has 35 heavy (non-hydrogen) atoms. The van der Waals surface area contributed by atoms with E-state index in [4.69, 9.17) is 11.6 Å². The van der Waals surface area contributed by atoms with Crippen molar-refractivity contribution in [1.82, 2.24) is 10.2 Å². The second-order valence-electron chi connectivity index (χ2n) is 9.83. The Kier molecular flexibility index (Phi) is 8.68. The summed E-state index contributed by atoms with van der Waals surface area (Å²) < 4.78 is 14.5. The maximum Gasteiger partial charge on any atom is 0.243 e. The molecule has 6 heteroatoms. The highest BCUT2D eigenvalue weighted by atomic mass is 35.5. The summed E-state index contributed by atoms with van der Waals surface area (Å²) in [5.41, 5.74) is 2.50. The van der Waals surface area contributed by atoms with E-state index < -0.39 is 17.4 Å². The first kappa shape index (κ1) is 26.4. The Bertz CT molecular complexity index is 1150. The van der Waals surface area contributed by atoms with Crippen LogP contribution >= 0.6 is 11.6 Å². The van der Waals surface area contributed by atoms with E-state index in [1.54, 1.807) is 11.0 Å². The highest BCUT2D eigenvalue weighted by Gasteiger charge is 2.32. The van der Waals surface area contributed by atoms with Crippen molar-refractivity contribution < 1.29 is 14.0 Å². The number of rotatable bonds is 8. The molecule has 0 aliphatic rings. The lowest BCUT2D eigenvalue weighted by atomic mass is 9.99. The number of benzene rings is 3. The quantitative estimate of drug-likeness (QED) is 0.425. The molecule has 0 heterocycles. The van der Waals surface area contributed by atoms with Gasteiger partial charge in [-0.15, -0.1) is 0 Å². The van der Waals surface area contributed by atoms with Crippen LogP contribution < -0.4 is 5.32 Å². The van der Waals surface area contributed by atoms with Crippen molar-refractivity contribution in [2.45, 2.75) is 58.7 Å². The van der Waals surface area contributed by atoms with Crippen LogP contribution in [0.5, 0.6) is 0 Å². The summed E-state index contributed by atoms with van der Waals surface area (Å²) in [6, 6.07) is 20.9. The molecule has 0 saturated carbocycles. The molecular formula is C29H32ClFN2O2. The number of hydrogen-bond donors (Lipinski definition) is 1. The van der Waals surface area contributed by atoms with Crippen LogP contribution in [0.1, 0.15) is 43.0 Å². The topological polar surface area (TPSA) is 49.4 Å². The second kappa shape index (κ2) is 11.5. The average Bonchev–Trinajstić information content (AvgIpc) is 2.78. The molecule has 3 aromatic carbocycles. The van der Waals surface area contributed by atoms with E-state index in [2.05, 4.69) is 5.32 Å². The van der Waals surface area contributed by atoms with E-state index in [1.807, 2.05) is 82.3 Å². The Labute approximate surface area is 212 Å². The zero-order valence-corrected chi connectivity index (χ0v) is 21.4. The molecule has 0 spiro atoms. The lowest BCUT2D eigenvalue weighted by molar-refractivity contribution is -0.141. The van der Waals surface area contributed by atoms with Crippen molar-refractivity contribution in [2.75, 3.05) is 0 Å². The van der Waals surface area contributed by atoms with Crippen LogP contribution in [0.15, 0.2) is 72.8 Å². The summed E-state index contributed by atoms with van der Waals surface area (Å²) in [6.45, 7) is 7.88. The van der Waals surface area contributed by atoms with Crippen LogP contribution in [0, 0.1) is 12.7 Å². The molecule has 1 N–H and O–H groups in total. The Morgan fingerprint density at radius 2 is 1.63 bits per heavy atom. The minimum Gasteiger partial charge on any atom is -0.350 e. The molecule has 3 rings (SSSR count). The van der Waals surface area contributed by atoms with Gasteiger partial charge >= 0.3 is 0 Å². The highest BCUT2D eigenvalue weighted by Crippen LogP contribution is 2.23. The van der Waals surface area contributed by atoms with Crippen molar-refractivity contribution >= 4 is 23.4 Å². The van der Waals surface area contributed by atoms with Gasteiger partial charge in [-0.2, -0.15) is 0 Å². The fraction of sp³-hybridized carbons (Fsp3) is 0.310. The van der Waals surface area contributed by atoms with Gasteiger partial charge in [-0.1, -0.05) is 77.8 Å². The number of hydrogen-bond acceptors (Lipinski definition) is 2. The summed E-state index contributed by atoms with van der Waals surface area (Å²) in [5.74, 6) is -1.18. The first-order valence-electron chi connectivity index (χ1n) is 11.7.